The van der Waals surface area contributed by atoms with Crippen molar-refractivity contribution in [2.45, 2.75) is 26.3 Å². The lowest BCUT2D eigenvalue weighted by Gasteiger charge is -2.23. The van der Waals surface area contributed by atoms with Crippen molar-refractivity contribution in [3.05, 3.63) is 29.8 Å². The predicted molar refractivity (Wildman–Crippen MR) is 78.8 cm³/mol. The minimum atomic E-state index is -0.382. The number of hydrogen-bond acceptors (Lipinski definition) is 5. The van der Waals surface area contributed by atoms with Gasteiger partial charge in [-0.2, -0.15) is 0 Å². The fraction of sp³-hybridized carbons (Fsp3) is 0.533. The third-order valence-corrected chi connectivity index (χ3v) is 3.14. The van der Waals surface area contributed by atoms with E-state index in [1.165, 1.54) is 0 Å². The van der Waals surface area contributed by atoms with Gasteiger partial charge in [0.2, 0.25) is 0 Å². The number of ether oxygens (including phenoxy) is 2. The molecule has 0 aliphatic heterocycles. The first-order valence-corrected chi connectivity index (χ1v) is 6.62. The molecule has 0 radical (unpaired) electrons. The highest BCUT2D eigenvalue weighted by Gasteiger charge is 2.19. The summed E-state index contributed by atoms with van der Waals surface area (Å²) in [5, 5.41) is 0. The number of nitrogens with zero attached hydrogens (tertiary/aromatic N) is 2. The van der Waals surface area contributed by atoms with Gasteiger partial charge in [-0.25, -0.2) is 4.79 Å². The van der Waals surface area contributed by atoms with Crippen molar-refractivity contribution >= 4 is 5.97 Å². The highest BCUT2D eigenvalue weighted by molar-refractivity contribution is 5.92. The van der Waals surface area contributed by atoms with Crippen molar-refractivity contribution in [2.75, 3.05) is 28.2 Å². The topological polar surface area (TPSA) is 42.0 Å². The molecule has 1 aromatic carbocycles. The average molecular weight is 280 g/mol. The average Bonchev–Trinajstić information content (AvgIpc) is 2.38. The molecular weight excluding hydrogens is 256 g/mol. The molecule has 2 unspecified atom stereocenters. The Balaban J connectivity index is 2.87. The van der Waals surface area contributed by atoms with Crippen LogP contribution in [0.3, 0.4) is 0 Å². The van der Waals surface area contributed by atoms with E-state index in [9.17, 15) is 4.79 Å². The van der Waals surface area contributed by atoms with Crippen LogP contribution in [0.2, 0.25) is 0 Å². The Morgan fingerprint density at radius 2 is 1.55 bits per heavy atom. The Morgan fingerprint density at radius 1 is 1.00 bits per heavy atom. The summed E-state index contributed by atoms with van der Waals surface area (Å²) in [4.78, 5) is 15.9. The standard InChI is InChI=1S/C15H24N2O3/c1-11(16(3)4)19-14-10-8-7-9-13(14)15(18)20-12(2)17(5)6/h7-12H,1-6H3. The third kappa shape index (κ3) is 4.51. The second kappa shape index (κ2) is 7.26. The fourth-order valence-corrected chi connectivity index (χ4v) is 1.35. The maximum absolute atomic E-state index is 12.2. The van der Waals surface area contributed by atoms with Crippen molar-refractivity contribution in [1.29, 1.82) is 0 Å². The van der Waals surface area contributed by atoms with Crippen molar-refractivity contribution in [2.24, 2.45) is 0 Å². The monoisotopic (exact) mass is 280 g/mol. The van der Waals surface area contributed by atoms with Gasteiger partial charge in [-0.15, -0.1) is 0 Å². The van der Waals surface area contributed by atoms with E-state index in [4.69, 9.17) is 9.47 Å². The Hall–Kier alpha value is -1.59. The van der Waals surface area contributed by atoms with Gasteiger partial charge in [0.25, 0.3) is 0 Å². The highest BCUT2D eigenvalue weighted by Crippen LogP contribution is 2.21. The minimum Gasteiger partial charge on any atom is -0.475 e. The number of carbonyl (C=O) groups excluding carboxylic acids is 1. The van der Waals surface area contributed by atoms with Crippen molar-refractivity contribution in [3.63, 3.8) is 0 Å². The van der Waals surface area contributed by atoms with E-state index in [0.29, 0.717) is 11.3 Å². The molecule has 0 amide bonds. The van der Waals surface area contributed by atoms with E-state index in [2.05, 4.69) is 0 Å². The van der Waals surface area contributed by atoms with Crippen LogP contribution in [-0.2, 0) is 4.74 Å². The lowest BCUT2D eigenvalue weighted by atomic mass is 10.2. The Kier molecular flexibility index (Phi) is 5.98. The van der Waals surface area contributed by atoms with Crippen molar-refractivity contribution < 1.29 is 14.3 Å². The summed E-state index contributed by atoms with van der Waals surface area (Å²) in [6.45, 7) is 3.74. The Morgan fingerprint density at radius 3 is 2.10 bits per heavy atom. The molecule has 0 aliphatic carbocycles. The summed E-state index contributed by atoms with van der Waals surface area (Å²) >= 11 is 0. The van der Waals surface area contributed by atoms with Crippen LogP contribution < -0.4 is 4.74 Å². The lowest BCUT2D eigenvalue weighted by molar-refractivity contribution is -0.00632. The largest absolute Gasteiger partial charge is 0.475 e. The quantitative estimate of drug-likeness (QED) is 0.589. The molecule has 0 fully saturated rings. The fourth-order valence-electron chi connectivity index (χ4n) is 1.35. The van der Waals surface area contributed by atoms with Gasteiger partial charge in [0.15, 0.2) is 6.23 Å². The second-order valence-corrected chi connectivity index (χ2v) is 5.15. The molecule has 1 rings (SSSR count). The molecule has 0 spiro atoms. The number of benzene rings is 1. The van der Waals surface area contributed by atoms with Gasteiger partial charge in [0, 0.05) is 0 Å². The van der Waals surface area contributed by atoms with Gasteiger partial charge in [-0.3, -0.25) is 9.80 Å². The summed E-state index contributed by atoms with van der Waals surface area (Å²) in [5.41, 5.74) is 0.440. The molecule has 0 bridgehead atoms. The normalized spacial score (nSPS) is 14.2. The molecule has 5 heteroatoms. The summed E-state index contributed by atoms with van der Waals surface area (Å²) in [5.74, 6) is 0.150. The van der Waals surface area contributed by atoms with Crippen LogP contribution in [0.4, 0.5) is 0 Å². The van der Waals surface area contributed by atoms with Crippen LogP contribution in [0, 0.1) is 0 Å². The third-order valence-electron chi connectivity index (χ3n) is 3.14. The molecule has 0 heterocycles. The van der Waals surface area contributed by atoms with Crippen LogP contribution >= 0.6 is 0 Å². The van der Waals surface area contributed by atoms with Gasteiger partial charge in [0.1, 0.15) is 17.5 Å². The molecular formula is C15H24N2O3. The molecule has 0 saturated heterocycles. The first-order valence-electron chi connectivity index (χ1n) is 6.62. The maximum Gasteiger partial charge on any atom is 0.343 e. The van der Waals surface area contributed by atoms with Gasteiger partial charge in [-0.1, -0.05) is 12.1 Å². The predicted octanol–water partition coefficient (Wildman–Crippen LogP) is 2.04. The highest BCUT2D eigenvalue weighted by atomic mass is 16.6. The molecule has 0 saturated carbocycles. The van der Waals surface area contributed by atoms with Crippen LogP contribution in [-0.4, -0.2) is 56.4 Å². The summed E-state index contributed by atoms with van der Waals surface area (Å²) in [6, 6.07) is 7.12. The molecule has 112 valence electrons. The van der Waals surface area contributed by atoms with Crippen LogP contribution in [0.25, 0.3) is 0 Å². The molecule has 5 nitrogen and oxygen atoms in total. The first kappa shape index (κ1) is 16.5. The maximum atomic E-state index is 12.2. The summed E-state index contributed by atoms with van der Waals surface area (Å²) in [7, 11) is 7.54. The van der Waals surface area contributed by atoms with Crippen molar-refractivity contribution in [3.8, 4) is 5.75 Å². The molecule has 1 aromatic rings. The van der Waals surface area contributed by atoms with E-state index in [0.717, 1.165) is 0 Å². The van der Waals surface area contributed by atoms with E-state index in [1.807, 2.05) is 57.9 Å². The molecule has 0 aliphatic rings. The van der Waals surface area contributed by atoms with E-state index in [-0.39, 0.29) is 18.4 Å². The zero-order valence-corrected chi connectivity index (χ0v) is 13.1. The zero-order valence-electron chi connectivity index (χ0n) is 13.1. The number of carbonyl (C=O) groups is 1. The Bertz CT molecular complexity index is 446. The van der Waals surface area contributed by atoms with E-state index >= 15 is 0 Å². The zero-order chi connectivity index (χ0) is 15.3. The van der Waals surface area contributed by atoms with Gasteiger partial charge >= 0.3 is 5.97 Å². The van der Waals surface area contributed by atoms with Gasteiger partial charge < -0.3 is 9.47 Å². The van der Waals surface area contributed by atoms with E-state index < -0.39 is 0 Å². The lowest BCUT2D eigenvalue weighted by Crippen LogP contribution is -2.32. The molecule has 2 atom stereocenters. The van der Waals surface area contributed by atoms with Crippen LogP contribution in [0.1, 0.15) is 24.2 Å². The molecule has 20 heavy (non-hydrogen) atoms. The number of para-hydroxylation sites is 1. The SMILES string of the molecule is CC(OC(=O)c1ccccc1OC(C)N(C)C)N(C)C. The van der Waals surface area contributed by atoms with E-state index in [1.54, 1.807) is 18.2 Å². The van der Waals surface area contributed by atoms with Gasteiger partial charge in [-0.05, 0) is 54.2 Å². The number of rotatable bonds is 6. The number of hydrogen-bond donors (Lipinski definition) is 0. The number of esters is 1. The summed E-state index contributed by atoms with van der Waals surface area (Å²) in [6.07, 6.45) is -0.419. The van der Waals surface area contributed by atoms with Crippen LogP contribution in [0.15, 0.2) is 24.3 Å². The molecule has 0 N–H and O–H groups in total. The summed E-state index contributed by atoms with van der Waals surface area (Å²) < 4.78 is 11.2. The van der Waals surface area contributed by atoms with Crippen molar-refractivity contribution in [1.82, 2.24) is 9.80 Å². The second-order valence-electron chi connectivity index (χ2n) is 5.15. The van der Waals surface area contributed by atoms with Gasteiger partial charge in [0.05, 0.1) is 0 Å². The van der Waals surface area contributed by atoms with Crippen LogP contribution in [0.5, 0.6) is 5.75 Å². The molecule has 0 aromatic heterocycles. The Labute approximate surface area is 121 Å². The smallest absolute Gasteiger partial charge is 0.343 e. The minimum absolute atomic E-state index is 0.129. The first-order chi connectivity index (χ1) is 9.32.